The lowest BCUT2D eigenvalue weighted by atomic mass is 10.0. The maximum atomic E-state index is 12.3. The highest BCUT2D eigenvalue weighted by molar-refractivity contribution is 5.94. The largest absolute Gasteiger partial charge is 0.497 e. The van der Waals surface area contributed by atoms with Gasteiger partial charge in [0.25, 0.3) is 0 Å². The molecule has 0 heterocycles. The summed E-state index contributed by atoms with van der Waals surface area (Å²) in [5, 5.41) is 5.80. The Morgan fingerprint density at radius 1 is 0.920 bits per heavy atom. The van der Waals surface area contributed by atoms with Gasteiger partial charge in [-0.1, -0.05) is 60.7 Å². The number of ether oxygens (including phenoxy) is 1. The minimum Gasteiger partial charge on any atom is -0.497 e. The summed E-state index contributed by atoms with van der Waals surface area (Å²) in [4.78, 5) is 12.3. The fourth-order valence-electron chi connectivity index (χ4n) is 2.59. The molecule has 0 fully saturated rings. The van der Waals surface area contributed by atoms with E-state index >= 15 is 0 Å². The third kappa shape index (κ3) is 4.38. The first kappa shape index (κ1) is 16.6. The topological polar surface area (TPSA) is 50.4 Å². The fraction of sp³-hybridized carbons (Fsp3) is 0.0952. The Labute approximate surface area is 147 Å². The predicted molar refractivity (Wildman–Crippen MR) is 101 cm³/mol. The van der Waals surface area contributed by atoms with Gasteiger partial charge in [-0.05, 0) is 29.3 Å². The maximum absolute atomic E-state index is 12.3. The van der Waals surface area contributed by atoms with Crippen LogP contribution in [0.1, 0.15) is 5.56 Å². The number of hydrogen-bond acceptors (Lipinski definition) is 2. The van der Waals surface area contributed by atoms with E-state index in [9.17, 15) is 4.79 Å². The molecule has 0 aliphatic heterocycles. The molecule has 3 aromatic carbocycles. The first-order valence-electron chi connectivity index (χ1n) is 8.08. The predicted octanol–water partition coefficient (Wildman–Crippen LogP) is 4.68. The number of benzene rings is 3. The summed E-state index contributed by atoms with van der Waals surface area (Å²) >= 11 is 0. The van der Waals surface area contributed by atoms with Gasteiger partial charge in [0.2, 0.25) is 0 Å². The van der Waals surface area contributed by atoms with E-state index in [1.165, 1.54) is 0 Å². The van der Waals surface area contributed by atoms with Crippen LogP contribution in [0.2, 0.25) is 0 Å². The summed E-state index contributed by atoms with van der Waals surface area (Å²) in [5.74, 6) is 0.772. The molecule has 0 atom stereocenters. The standard InChI is InChI=1S/C21H20N2O2/c1-25-18-11-7-8-16(14-18)15-22-21(24)23-20-13-6-5-12-19(20)17-9-3-2-4-10-17/h2-14H,15H2,1H3,(H2,22,23,24). The van der Waals surface area contributed by atoms with E-state index in [2.05, 4.69) is 10.6 Å². The lowest BCUT2D eigenvalue weighted by Gasteiger charge is -2.12. The number of anilines is 1. The molecule has 4 nitrogen and oxygen atoms in total. The Morgan fingerprint density at radius 2 is 1.68 bits per heavy atom. The summed E-state index contributed by atoms with van der Waals surface area (Å²) in [7, 11) is 1.62. The molecular formula is C21H20N2O2. The summed E-state index contributed by atoms with van der Waals surface area (Å²) in [6.07, 6.45) is 0. The highest BCUT2D eigenvalue weighted by Crippen LogP contribution is 2.27. The molecule has 3 rings (SSSR count). The Hall–Kier alpha value is -3.27. The molecule has 4 heteroatoms. The summed E-state index contributed by atoms with van der Waals surface area (Å²) in [6.45, 7) is 0.427. The average Bonchev–Trinajstić information content (AvgIpc) is 2.68. The van der Waals surface area contributed by atoms with Crippen molar-refractivity contribution in [1.82, 2.24) is 5.32 Å². The van der Waals surface area contributed by atoms with Crippen LogP contribution in [0.25, 0.3) is 11.1 Å². The Bertz CT molecular complexity index is 847. The van der Waals surface area contributed by atoms with Crippen LogP contribution in [0.3, 0.4) is 0 Å². The first-order chi connectivity index (χ1) is 12.3. The number of para-hydroxylation sites is 1. The van der Waals surface area contributed by atoms with E-state index in [1.54, 1.807) is 7.11 Å². The van der Waals surface area contributed by atoms with E-state index in [0.29, 0.717) is 6.54 Å². The van der Waals surface area contributed by atoms with Crippen molar-refractivity contribution in [1.29, 1.82) is 0 Å². The van der Waals surface area contributed by atoms with Gasteiger partial charge in [-0.25, -0.2) is 4.79 Å². The molecule has 3 aromatic rings. The van der Waals surface area contributed by atoms with Gasteiger partial charge in [0, 0.05) is 12.1 Å². The monoisotopic (exact) mass is 332 g/mol. The third-order valence-electron chi connectivity index (χ3n) is 3.85. The molecule has 2 amide bonds. The molecule has 0 aliphatic rings. The lowest BCUT2D eigenvalue weighted by Crippen LogP contribution is -2.28. The van der Waals surface area contributed by atoms with Crippen molar-refractivity contribution < 1.29 is 9.53 Å². The number of hydrogen-bond donors (Lipinski definition) is 2. The van der Waals surface area contributed by atoms with Crippen molar-refractivity contribution in [3.05, 3.63) is 84.4 Å². The number of carbonyl (C=O) groups is 1. The van der Waals surface area contributed by atoms with Gasteiger partial charge in [-0.15, -0.1) is 0 Å². The Morgan fingerprint density at radius 3 is 2.48 bits per heavy atom. The second kappa shape index (κ2) is 8.02. The molecule has 0 unspecified atom stereocenters. The average molecular weight is 332 g/mol. The van der Waals surface area contributed by atoms with Crippen molar-refractivity contribution >= 4 is 11.7 Å². The lowest BCUT2D eigenvalue weighted by molar-refractivity contribution is 0.251. The van der Waals surface area contributed by atoms with Crippen LogP contribution in [-0.2, 0) is 6.54 Å². The van der Waals surface area contributed by atoms with Crippen molar-refractivity contribution in [3.8, 4) is 16.9 Å². The van der Waals surface area contributed by atoms with Crippen LogP contribution in [0.15, 0.2) is 78.9 Å². The molecule has 0 bridgehead atoms. The molecule has 0 saturated carbocycles. The Kier molecular flexibility index (Phi) is 5.32. The van der Waals surface area contributed by atoms with E-state index in [0.717, 1.165) is 28.1 Å². The van der Waals surface area contributed by atoms with E-state index in [1.807, 2.05) is 78.9 Å². The zero-order chi connectivity index (χ0) is 17.5. The zero-order valence-electron chi connectivity index (χ0n) is 14.0. The van der Waals surface area contributed by atoms with Crippen molar-refractivity contribution in [2.24, 2.45) is 0 Å². The molecule has 0 aliphatic carbocycles. The number of rotatable bonds is 5. The summed E-state index contributed by atoms with van der Waals surface area (Å²) in [5.41, 5.74) is 3.80. The zero-order valence-corrected chi connectivity index (χ0v) is 14.0. The summed E-state index contributed by atoms with van der Waals surface area (Å²) in [6, 6.07) is 25.1. The van der Waals surface area contributed by atoms with Gasteiger partial charge >= 0.3 is 6.03 Å². The van der Waals surface area contributed by atoms with Crippen LogP contribution in [0.4, 0.5) is 10.5 Å². The smallest absolute Gasteiger partial charge is 0.319 e. The third-order valence-corrected chi connectivity index (χ3v) is 3.85. The van der Waals surface area contributed by atoms with Crippen LogP contribution in [0.5, 0.6) is 5.75 Å². The van der Waals surface area contributed by atoms with Gasteiger partial charge in [-0.2, -0.15) is 0 Å². The molecular weight excluding hydrogens is 312 g/mol. The summed E-state index contributed by atoms with van der Waals surface area (Å²) < 4.78 is 5.19. The van der Waals surface area contributed by atoms with E-state index in [4.69, 9.17) is 4.74 Å². The van der Waals surface area contributed by atoms with Crippen LogP contribution < -0.4 is 15.4 Å². The second-order valence-electron chi connectivity index (χ2n) is 5.57. The maximum Gasteiger partial charge on any atom is 0.319 e. The SMILES string of the molecule is COc1cccc(CNC(=O)Nc2ccccc2-c2ccccc2)c1. The minimum absolute atomic E-state index is 0.244. The van der Waals surface area contributed by atoms with Crippen LogP contribution in [-0.4, -0.2) is 13.1 Å². The molecule has 0 saturated heterocycles. The number of urea groups is 1. The highest BCUT2D eigenvalue weighted by Gasteiger charge is 2.08. The van der Waals surface area contributed by atoms with E-state index in [-0.39, 0.29) is 6.03 Å². The van der Waals surface area contributed by atoms with Crippen molar-refractivity contribution in [2.75, 3.05) is 12.4 Å². The number of methoxy groups -OCH3 is 1. The number of nitrogens with one attached hydrogen (secondary N) is 2. The normalized spacial score (nSPS) is 10.1. The van der Waals surface area contributed by atoms with E-state index < -0.39 is 0 Å². The van der Waals surface area contributed by atoms with Crippen molar-refractivity contribution in [2.45, 2.75) is 6.54 Å². The highest BCUT2D eigenvalue weighted by atomic mass is 16.5. The van der Waals surface area contributed by atoms with Gasteiger partial charge in [0.1, 0.15) is 5.75 Å². The first-order valence-corrected chi connectivity index (χ1v) is 8.08. The van der Waals surface area contributed by atoms with Gasteiger partial charge in [0.15, 0.2) is 0 Å². The molecule has 0 spiro atoms. The van der Waals surface area contributed by atoms with Crippen molar-refractivity contribution in [3.63, 3.8) is 0 Å². The molecule has 2 N–H and O–H groups in total. The second-order valence-corrected chi connectivity index (χ2v) is 5.57. The van der Waals surface area contributed by atoms with Gasteiger partial charge in [0.05, 0.1) is 12.8 Å². The minimum atomic E-state index is -0.244. The molecule has 0 radical (unpaired) electrons. The molecule has 25 heavy (non-hydrogen) atoms. The number of carbonyl (C=O) groups excluding carboxylic acids is 1. The molecule has 126 valence electrons. The molecule has 0 aromatic heterocycles. The fourth-order valence-corrected chi connectivity index (χ4v) is 2.59. The van der Waals surface area contributed by atoms with Gasteiger partial charge in [-0.3, -0.25) is 0 Å². The Balaban J connectivity index is 1.67. The van der Waals surface area contributed by atoms with Crippen LogP contribution in [0, 0.1) is 0 Å². The quantitative estimate of drug-likeness (QED) is 0.712. The van der Waals surface area contributed by atoms with Gasteiger partial charge < -0.3 is 15.4 Å². The number of amides is 2. The van der Waals surface area contributed by atoms with Crippen LogP contribution >= 0.6 is 0 Å².